The molecule has 1 aromatic heterocycles. The summed E-state index contributed by atoms with van der Waals surface area (Å²) in [6, 6.07) is 8.47. The summed E-state index contributed by atoms with van der Waals surface area (Å²) in [5.74, 6) is -0.216. The molecule has 0 saturated heterocycles. The van der Waals surface area contributed by atoms with E-state index in [0.717, 1.165) is 30.6 Å². The van der Waals surface area contributed by atoms with Gasteiger partial charge < -0.3 is 10.4 Å². The third-order valence-electron chi connectivity index (χ3n) is 5.36. The fraction of sp³-hybridized carbons (Fsp3) is 0.450. The van der Waals surface area contributed by atoms with Crippen molar-refractivity contribution < 1.29 is 14.8 Å². The number of thiophene rings is 1. The van der Waals surface area contributed by atoms with Crippen molar-refractivity contribution in [3.63, 3.8) is 0 Å². The van der Waals surface area contributed by atoms with E-state index in [9.17, 15) is 20.0 Å². The van der Waals surface area contributed by atoms with Gasteiger partial charge in [0.15, 0.2) is 0 Å². The van der Waals surface area contributed by atoms with Crippen molar-refractivity contribution in [2.75, 3.05) is 6.54 Å². The first-order valence-corrected chi connectivity index (χ1v) is 9.95. The quantitative estimate of drug-likeness (QED) is 0.571. The molecule has 0 bridgehead atoms. The van der Waals surface area contributed by atoms with Crippen LogP contribution in [0.4, 0.5) is 5.69 Å². The third kappa shape index (κ3) is 4.04. The van der Waals surface area contributed by atoms with Gasteiger partial charge in [0.05, 0.1) is 11.0 Å². The molecule has 0 spiro atoms. The van der Waals surface area contributed by atoms with Gasteiger partial charge in [-0.3, -0.25) is 14.9 Å². The highest BCUT2D eigenvalue weighted by Crippen LogP contribution is 2.44. The summed E-state index contributed by atoms with van der Waals surface area (Å²) in [6.07, 6.45) is 3.77. The van der Waals surface area contributed by atoms with Crippen LogP contribution in [-0.4, -0.2) is 22.5 Å². The first-order valence-electron chi connectivity index (χ1n) is 9.14. The smallest absolute Gasteiger partial charge is 0.272 e. The molecule has 2 N–H and O–H groups in total. The number of benzene rings is 1. The van der Waals surface area contributed by atoms with Gasteiger partial charge in [-0.25, -0.2) is 0 Å². The molecule has 7 heteroatoms. The number of carbonyl (C=O) groups excluding carboxylic acids is 1. The fourth-order valence-corrected chi connectivity index (χ4v) is 4.97. The summed E-state index contributed by atoms with van der Waals surface area (Å²) in [5, 5.41) is 23.8. The Balaban J connectivity index is 1.75. The van der Waals surface area contributed by atoms with Crippen LogP contribution in [0, 0.1) is 17.0 Å². The molecule has 1 saturated carbocycles. The van der Waals surface area contributed by atoms with Crippen LogP contribution in [0.25, 0.3) is 0 Å². The van der Waals surface area contributed by atoms with E-state index in [0.29, 0.717) is 17.7 Å². The number of nitrogens with zero attached hydrogens (tertiary/aromatic N) is 1. The van der Waals surface area contributed by atoms with Gasteiger partial charge in [0.25, 0.3) is 11.6 Å². The van der Waals surface area contributed by atoms with Crippen molar-refractivity contribution in [1.82, 2.24) is 5.32 Å². The average Bonchev–Trinajstić information content (AvgIpc) is 3.29. The maximum Gasteiger partial charge on any atom is 0.272 e. The topological polar surface area (TPSA) is 92.5 Å². The van der Waals surface area contributed by atoms with Gasteiger partial charge in [-0.05, 0) is 51.0 Å². The number of hydrogen-bond acceptors (Lipinski definition) is 5. The molecule has 6 nitrogen and oxygen atoms in total. The van der Waals surface area contributed by atoms with Crippen molar-refractivity contribution in [1.29, 1.82) is 0 Å². The number of nitro groups is 1. The molecule has 0 radical (unpaired) electrons. The molecule has 1 aromatic carbocycles. The third-order valence-corrected chi connectivity index (χ3v) is 6.87. The number of rotatable bonds is 6. The van der Waals surface area contributed by atoms with Crippen LogP contribution >= 0.6 is 11.3 Å². The summed E-state index contributed by atoms with van der Waals surface area (Å²) in [4.78, 5) is 25.2. The van der Waals surface area contributed by atoms with Crippen LogP contribution in [0.1, 0.15) is 64.4 Å². The lowest BCUT2D eigenvalue weighted by molar-refractivity contribution is -0.385. The maximum absolute atomic E-state index is 12.6. The van der Waals surface area contributed by atoms with E-state index in [-0.39, 0.29) is 17.0 Å². The Morgan fingerprint density at radius 1 is 1.33 bits per heavy atom. The van der Waals surface area contributed by atoms with Crippen LogP contribution in [-0.2, 0) is 5.41 Å². The van der Waals surface area contributed by atoms with Crippen molar-refractivity contribution in [3.05, 3.63) is 61.3 Å². The molecular weight excluding hydrogens is 364 g/mol. The first kappa shape index (κ1) is 19.5. The van der Waals surface area contributed by atoms with Crippen LogP contribution in [0.5, 0.6) is 0 Å². The zero-order valence-corrected chi connectivity index (χ0v) is 16.3. The number of amides is 1. The van der Waals surface area contributed by atoms with Gasteiger partial charge in [0.1, 0.15) is 0 Å². The summed E-state index contributed by atoms with van der Waals surface area (Å²) in [5.41, 5.74) is 0.830. The molecule has 1 aliphatic carbocycles. The second-order valence-corrected chi connectivity index (χ2v) is 8.42. The lowest BCUT2D eigenvalue weighted by Crippen LogP contribution is -2.38. The molecule has 1 unspecified atom stereocenters. The lowest BCUT2D eigenvalue weighted by Gasteiger charge is -2.28. The van der Waals surface area contributed by atoms with Crippen molar-refractivity contribution in [2.24, 2.45) is 0 Å². The van der Waals surface area contributed by atoms with E-state index in [2.05, 4.69) is 11.4 Å². The molecule has 3 rings (SSSR count). The Bertz CT molecular complexity index is 853. The molecule has 27 heavy (non-hydrogen) atoms. The summed E-state index contributed by atoms with van der Waals surface area (Å²) >= 11 is 1.62. The largest absolute Gasteiger partial charge is 0.388 e. The van der Waals surface area contributed by atoms with Crippen LogP contribution < -0.4 is 5.32 Å². The van der Waals surface area contributed by atoms with E-state index < -0.39 is 11.0 Å². The number of nitro benzene ring substituents is 1. The van der Waals surface area contributed by atoms with Crippen molar-refractivity contribution in [3.8, 4) is 0 Å². The van der Waals surface area contributed by atoms with Gasteiger partial charge in [-0.1, -0.05) is 12.8 Å². The number of carbonyl (C=O) groups is 1. The average molecular weight is 388 g/mol. The zero-order valence-electron chi connectivity index (χ0n) is 15.5. The maximum atomic E-state index is 12.6. The van der Waals surface area contributed by atoms with E-state index in [1.165, 1.54) is 17.0 Å². The lowest BCUT2D eigenvalue weighted by atomic mass is 9.84. The van der Waals surface area contributed by atoms with E-state index in [1.54, 1.807) is 31.3 Å². The van der Waals surface area contributed by atoms with Gasteiger partial charge in [0.2, 0.25) is 0 Å². The summed E-state index contributed by atoms with van der Waals surface area (Å²) in [7, 11) is 0. The molecule has 1 heterocycles. The predicted molar refractivity (Wildman–Crippen MR) is 105 cm³/mol. The van der Waals surface area contributed by atoms with Crippen molar-refractivity contribution >= 4 is 22.9 Å². The second-order valence-electron chi connectivity index (χ2n) is 7.31. The molecule has 1 aliphatic rings. The van der Waals surface area contributed by atoms with Gasteiger partial charge in [-0.2, -0.15) is 0 Å². The molecule has 144 valence electrons. The normalized spacial score (nSPS) is 16.9. The Morgan fingerprint density at radius 3 is 2.59 bits per heavy atom. The Hall–Kier alpha value is -2.25. The van der Waals surface area contributed by atoms with Gasteiger partial charge in [-0.15, -0.1) is 11.3 Å². The fourth-order valence-electron chi connectivity index (χ4n) is 3.78. The van der Waals surface area contributed by atoms with Gasteiger partial charge in [0, 0.05) is 38.9 Å². The SMILES string of the molecule is Cc1cc(C(=O)NCC2(c3ccc(C(C)O)s3)CCCC2)ccc1[N+](=O)[O-]. The molecular formula is C20H24N2O4S. The molecule has 1 atom stereocenters. The van der Waals surface area contributed by atoms with Crippen molar-refractivity contribution in [2.45, 2.75) is 51.0 Å². The van der Waals surface area contributed by atoms with E-state index in [4.69, 9.17) is 0 Å². The monoisotopic (exact) mass is 388 g/mol. The number of nitrogens with one attached hydrogen (secondary N) is 1. The molecule has 1 fully saturated rings. The van der Waals surface area contributed by atoms with E-state index >= 15 is 0 Å². The Morgan fingerprint density at radius 2 is 2.04 bits per heavy atom. The minimum Gasteiger partial charge on any atom is -0.388 e. The Labute approximate surface area is 162 Å². The predicted octanol–water partition coefficient (Wildman–Crippen LogP) is 4.26. The van der Waals surface area contributed by atoms with Gasteiger partial charge >= 0.3 is 0 Å². The summed E-state index contributed by atoms with van der Waals surface area (Å²) in [6.45, 7) is 3.92. The highest BCUT2D eigenvalue weighted by Gasteiger charge is 2.37. The minimum atomic E-state index is -0.486. The molecule has 1 amide bonds. The number of aliphatic hydroxyl groups is 1. The summed E-state index contributed by atoms with van der Waals surface area (Å²) < 4.78 is 0. The molecule has 2 aromatic rings. The van der Waals surface area contributed by atoms with Crippen LogP contribution in [0.2, 0.25) is 0 Å². The number of aryl methyl sites for hydroxylation is 1. The standard InChI is InChI=1S/C20H24N2O4S/c1-13-11-15(5-6-16(13)22(25)26)19(24)21-12-20(9-3-4-10-20)18-8-7-17(27-18)14(2)23/h5-8,11,14,23H,3-4,9-10,12H2,1-2H3,(H,21,24). The number of aliphatic hydroxyl groups excluding tert-OH is 1. The minimum absolute atomic E-state index is 0.0167. The van der Waals surface area contributed by atoms with Crippen LogP contribution in [0.15, 0.2) is 30.3 Å². The molecule has 0 aliphatic heterocycles. The van der Waals surface area contributed by atoms with E-state index in [1.807, 2.05) is 6.07 Å². The first-order chi connectivity index (χ1) is 12.8. The zero-order chi connectivity index (χ0) is 19.6. The Kier molecular flexibility index (Phi) is 5.62. The highest BCUT2D eigenvalue weighted by molar-refractivity contribution is 7.12. The number of hydrogen-bond donors (Lipinski definition) is 2. The van der Waals surface area contributed by atoms with Crippen LogP contribution in [0.3, 0.4) is 0 Å². The highest BCUT2D eigenvalue weighted by atomic mass is 32.1. The second kappa shape index (κ2) is 7.78.